The minimum Gasteiger partial charge on any atom is -0.497 e. The Labute approximate surface area is 211 Å². The predicted octanol–water partition coefficient (Wildman–Crippen LogP) is 6.62. The highest BCUT2D eigenvalue weighted by molar-refractivity contribution is 6.70. The summed E-state index contributed by atoms with van der Waals surface area (Å²) in [5.41, 5.74) is 6.07. The molecule has 0 aromatic heterocycles. The maximum absolute atomic E-state index is 13.9. The number of methoxy groups -OCH3 is 1. The van der Waals surface area contributed by atoms with Crippen LogP contribution in [0.1, 0.15) is 41.7 Å². The molecule has 3 aromatic rings. The number of benzodiazepines with no additional fused rings is 1. The Balaban J connectivity index is 1.72. The van der Waals surface area contributed by atoms with Crippen LogP contribution in [-0.4, -0.2) is 24.2 Å². The Morgan fingerprint density at radius 2 is 1.62 bits per heavy atom. The van der Waals surface area contributed by atoms with Crippen molar-refractivity contribution in [2.75, 3.05) is 12.0 Å². The van der Waals surface area contributed by atoms with Gasteiger partial charge in [-0.2, -0.15) is 0 Å². The molecule has 0 aliphatic carbocycles. The summed E-state index contributed by atoms with van der Waals surface area (Å²) in [6, 6.07) is 18.9. The summed E-state index contributed by atoms with van der Waals surface area (Å²) in [4.78, 5) is 20.3. The van der Waals surface area contributed by atoms with Gasteiger partial charge in [-0.1, -0.05) is 67.4 Å². The van der Waals surface area contributed by atoms with Crippen LogP contribution in [0.15, 0.2) is 65.7 Å². The van der Waals surface area contributed by atoms with Gasteiger partial charge >= 0.3 is 0 Å². The number of ether oxygens (including phenoxy) is 1. The van der Waals surface area contributed by atoms with E-state index in [0.29, 0.717) is 34.4 Å². The second-order valence-corrected chi connectivity index (χ2v) is 9.18. The van der Waals surface area contributed by atoms with E-state index in [1.807, 2.05) is 30.3 Å². The second kappa shape index (κ2) is 10.6. The number of carbonyl (C=O) groups excluding carboxylic acids is 1. The Morgan fingerprint density at radius 1 is 0.912 bits per heavy atom. The summed E-state index contributed by atoms with van der Waals surface area (Å²) in [6.07, 6.45) is 2.42. The molecule has 0 N–H and O–H groups in total. The maximum atomic E-state index is 13.9. The lowest BCUT2D eigenvalue weighted by atomic mass is 9.96. The van der Waals surface area contributed by atoms with E-state index >= 15 is 0 Å². The molecule has 0 fully saturated rings. The maximum Gasteiger partial charge on any atom is 0.252 e. The standard InChI is InChI=1S/C28H28Cl2N2O2/c1-4-20-9-6-19(14-21(20)5-2)15-25-28(33)32(17-18-7-11-23(34-3)12-8-18)26-13-10-22(29)16-24(26)27(30)31-25/h6-14,16,25H,4-5,15,17H2,1-3H3. The number of rotatable bonds is 7. The van der Waals surface area contributed by atoms with Crippen LogP contribution in [0.4, 0.5) is 5.69 Å². The number of nitrogens with zero attached hydrogens (tertiary/aromatic N) is 2. The number of fused-ring (bicyclic) bond motifs is 1. The van der Waals surface area contributed by atoms with E-state index in [2.05, 4.69) is 37.0 Å². The summed E-state index contributed by atoms with van der Waals surface area (Å²) in [5, 5.41) is 0.846. The van der Waals surface area contributed by atoms with Gasteiger partial charge in [0.1, 0.15) is 17.0 Å². The minimum absolute atomic E-state index is 0.0901. The molecule has 4 rings (SSSR count). The molecule has 1 atom stereocenters. The smallest absolute Gasteiger partial charge is 0.252 e. The fraction of sp³-hybridized carbons (Fsp3) is 0.286. The van der Waals surface area contributed by atoms with Gasteiger partial charge in [-0.05, 0) is 65.4 Å². The minimum atomic E-state index is -0.630. The lowest BCUT2D eigenvalue weighted by molar-refractivity contribution is -0.119. The third-order valence-corrected chi connectivity index (χ3v) is 6.79. The third kappa shape index (κ3) is 5.13. The Kier molecular flexibility index (Phi) is 7.60. The van der Waals surface area contributed by atoms with Crippen LogP contribution >= 0.6 is 23.2 Å². The quantitative estimate of drug-likeness (QED) is 0.370. The van der Waals surface area contributed by atoms with E-state index in [9.17, 15) is 4.79 Å². The van der Waals surface area contributed by atoms with Gasteiger partial charge in [-0.25, -0.2) is 0 Å². The normalized spacial score (nSPS) is 15.6. The van der Waals surface area contributed by atoms with Crippen molar-refractivity contribution < 1.29 is 9.53 Å². The van der Waals surface area contributed by atoms with Crippen LogP contribution in [0.5, 0.6) is 5.75 Å². The molecule has 4 nitrogen and oxygen atoms in total. The molecule has 34 heavy (non-hydrogen) atoms. The molecule has 0 saturated carbocycles. The number of halogens is 2. The average molecular weight is 495 g/mol. The van der Waals surface area contributed by atoms with Crippen molar-refractivity contribution in [1.29, 1.82) is 0 Å². The number of amides is 1. The first-order chi connectivity index (χ1) is 16.4. The lowest BCUT2D eigenvalue weighted by Crippen LogP contribution is -2.38. The number of aliphatic imine (C=N–C) groups is 1. The largest absolute Gasteiger partial charge is 0.497 e. The third-order valence-electron chi connectivity index (χ3n) is 6.25. The van der Waals surface area contributed by atoms with E-state index < -0.39 is 6.04 Å². The highest BCUT2D eigenvalue weighted by Gasteiger charge is 2.31. The molecular weight excluding hydrogens is 467 g/mol. The van der Waals surface area contributed by atoms with Gasteiger partial charge in [0.15, 0.2) is 0 Å². The monoisotopic (exact) mass is 494 g/mol. The van der Waals surface area contributed by atoms with Gasteiger partial charge in [-0.15, -0.1) is 0 Å². The molecular formula is C28H28Cl2N2O2. The molecule has 1 amide bonds. The van der Waals surface area contributed by atoms with E-state index in [4.69, 9.17) is 27.9 Å². The van der Waals surface area contributed by atoms with Crippen LogP contribution in [-0.2, 0) is 30.6 Å². The first kappa shape index (κ1) is 24.3. The first-order valence-electron chi connectivity index (χ1n) is 11.5. The molecule has 1 unspecified atom stereocenters. The molecule has 176 valence electrons. The van der Waals surface area contributed by atoms with Crippen LogP contribution < -0.4 is 9.64 Å². The van der Waals surface area contributed by atoms with E-state index in [-0.39, 0.29) is 5.91 Å². The number of hydrogen-bond donors (Lipinski definition) is 0. The fourth-order valence-electron chi connectivity index (χ4n) is 4.38. The predicted molar refractivity (Wildman–Crippen MR) is 141 cm³/mol. The summed E-state index contributed by atoms with van der Waals surface area (Å²) >= 11 is 12.9. The zero-order chi connectivity index (χ0) is 24.2. The van der Waals surface area contributed by atoms with Gasteiger partial charge < -0.3 is 9.64 Å². The van der Waals surface area contributed by atoms with Crippen molar-refractivity contribution in [2.45, 2.75) is 45.7 Å². The van der Waals surface area contributed by atoms with Crippen molar-refractivity contribution in [3.05, 3.63) is 93.5 Å². The highest BCUT2D eigenvalue weighted by Crippen LogP contribution is 2.32. The number of carbonyl (C=O) groups is 1. The topological polar surface area (TPSA) is 41.9 Å². The van der Waals surface area contributed by atoms with Gasteiger partial charge in [0.2, 0.25) is 0 Å². The molecule has 0 radical (unpaired) electrons. The van der Waals surface area contributed by atoms with Gasteiger partial charge in [0.25, 0.3) is 5.91 Å². The number of anilines is 1. The van der Waals surface area contributed by atoms with E-state index in [1.165, 1.54) is 11.1 Å². The van der Waals surface area contributed by atoms with Gasteiger partial charge in [0, 0.05) is 17.0 Å². The molecule has 6 heteroatoms. The Hall–Kier alpha value is -2.82. The molecule has 1 aliphatic heterocycles. The molecule has 1 heterocycles. The molecule has 1 aliphatic rings. The highest BCUT2D eigenvalue weighted by atomic mass is 35.5. The molecule has 0 bridgehead atoms. The average Bonchev–Trinajstić information content (AvgIpc) is 2.94. The summed E-state index contributed by atoms with van der Waals surface area (Å²) in [6.45, 7) is 4.70. The lowest BCUT2D eigenvalue weighted by Gasteiger charge is -2.25. The molecule has 0 saturated heterocycles. The summed E-state index contributed by atoms with van der Waals surface area (Å²) < 4.78 is 5.27. The van der Waals surface area contributed by atoms with Gasteiger partial charge in [-0.3, -0.25) is 9.79 Å². The van der Waals surface area contributed by atoms with Crippen LogP contribution in [0, 0.1) is 0 Å². The van der Waals surface area contributed by atoms with Crippen molar-refractivity contribution in [3.8, 4) is 5.75 Å². The first-order valence-corrected chi connectivity index (χ1v) is 12.3. The van der Waals surface area contributed by atoms with Crippen molar-refractivity contribution >= 4 is 40.0 Å². The van der Waals surface area contributed by atoms with Crippen molar-refractivity contribution in [3.63, 3.8) is 0 Å². The number of aryl methyl sites for hydroxylation is 2. The summed E-state index contributed by atoms with van der Waals surface area (Å²) in [5.74, 6) is 0.678. The second-order valence-electron chi connectivity index (χ2n) is 8.38. The Bertz CT molecular complexity index is 1220. The van der Waals surface area contributed by atoms with Crippen molar-refractivity contribution in [1.82, 2.24) is 0 Å². The van der Waals surface area contributed by atoms with Crippen molar-refractivity contribution in [2.24, 2.45) is 4.99 Å². The van der Waals surface area contributed by atoms with E-state index in [0.717, 1.165) is 29.7 Å². The molecule has 0 spiro atoms. The summed E-state index contributed by atoms with van der Waals surface area (Å²) in [7, 11) is 1.63. The number of benzene rings is 3. The van der Waals surface area contributed by atoms with Crippen LogP contribution in [0.25, 0.3) is 0 Å². The zero-order valence-corrected chi connectivity index (χ0v) is 21.2. The number of hydrogen-bond acceptors (Lipinski definition) is 3. The zero-order valence-electron chi connectivity index (χ0n) is 19.6. The van der Waals surface area contributed by atoms with Gasteiger partial charge in [0.05, 0.1) is 19.3 Å². The SMILES string of the molecule is CCc1ccc(CC2N=C(Cl)c3cc(Cl)ccc3N(Cc3ccc(OC)cc3)C2=O)cc1CC. The van der Waals surface area contributed by atoms with E-state index in [1.54, 1.807) is 24.1 Å². The Morgan fingerprint density at radius 3 is 2.29 bits per heavy atom. The van der Waals surface area contributed by atoms with Crippen LogP contribution in [0.2, 0.25) is 5.02 Å². The molecule has 3 aromatic carbocycles. The fourth-order valence-corrected chi connectivity index (χ4v) is 4.82. The van der Waals surface area contributed by atoms with Crippen LogP contribution in [0.3, 0.4) is 0 Å².